The smallest absolute Gasteiger partial charge is 0.228 e. The highest BCUT2D eigenvalue weighted by Gasteiger charge is 2.25. The Labute approximate surface area is 177 Å². The normalized spacial score (nSPS) is 15.7. The minimum atomic E-state index is 0.0941. The molecule has 1 aliphatic rings. The van der Waals surface area contributed by atoms with Crippen molar-refractivity contribution in [1.29, 1.82) is 0 Å². The second-order valence-electron chi connectivity index (χ2n) is 7.56. The van der Waals surface area contributed by atoms with Crippen LogP contribution >= 0.6 is 0 Å². The van der Waals surface area contributed by atoms with Crippen molar-refractivity contribution in [3.63, 3.8) is 0 Å². The number of piperazine rings is 1. The molecule has 1 atom stereocenters. The average Bonchev–Trinajstić information content (AvgIpc) is 3.28. The predicted octanol–water partition coefficient (Wildman–Crippen LogP) is 3.80. The van der Waals surface area contributed by atoms with Gasteiger partial charge in [-0.1, -0.05) is 30.3 Å². The molecule has 2 aromatic carbocycles. The zero-order valence-corrected chi connectivity index (χ0v) is 17.5. The number of aromatic nitrogens is 1. The number of carbonyl (C=O) groups is 1. The lowest BCUT2D eigenvalue weighted by atomic mass is 10.1. The monoisotopic (exact) mass is 405 g/mol. The standard InChI is InChI=1S/C24H27N3O3/c1-18(20-9-6-10-22(15-20)29-2)26-11-13-27(14-12-26)23(28)16-21-17-30-24(25-21)19-7-4-3-5-8-19/h3-10,15,17-18H,11-14,16H2,1-2H3. The molecule has 0 N–H and O–H groups in total. The number of rotatable bonds is 6. The van der Waals surface area contributed by atoms with Crippen LogP contribution in [0, 0.1) is 0 Å². The van der Waals surface area contributed by atoms with Crippen molar-refractivity contribution in [3.05, 3.63) is 72.1 Å². The Hall–Kier alpha value is -3.12. The molecule has 30 heavy (non-hydrogen) atoms. The second kappa shape index (κ2) is 9.13. The maximum atomic E-state index is 12.8. The molecule has 6 heteroatoms. The van der Waals surface area contributed by atoms with Gasteiger partial charge in [-0.25, -0.2) is 4.98 Å². The number of amides is 1. The molecular formula is C24H27N3O3. The van der Waals surface area contributed by atoms with Crippen LogP contribution in [0.4, 0.5) is 0 Å². The van der Waals surface area contributed by atoms with E-state index in [2.05, 4.69) is 28.9 Å². The van der Waals surface area contributed by atoms with Crippen molar-refractivity contribution >= 4 is 5.91 Å². The Morgan fingerprint density at radius 3 is 2.60 bits per heavy atom. The summed E-state index contributed by atoms with van der Waals surface area (Å²) in [4.78, 5) is 21.6. The van der Waals surface area contributed by atoms with E-state index in [1.54, 1.807) is 13.4 Å². The summed E-state index contributed by atoms with van der Waals surface area (Å²) in [5, 5.41) is 0. The highest BCUT2D eigenvalue weighted by Crippen LogP contribution is 2.25. The van der Waals surface area contributed by atoms with Crippen molar-refractivity contribution in [1.82, 2.24) is 14.8 Å². The third kappa shape index (κ3) is 4.54. The van der Waals surface area contributed by atoms with E-state index < -0.39 is 0 Å². The highest BCUT2D eigenvalue weighted by molar-refractivity contribution is 5.78. The van der Waals surface area contributed by atoms with Crippen LogP contribution in [0.5, 0.6) is 5.75 Å². The van der Waals surface area contributed by atoms with Gasteiger partial charge in [0.25, 0.3) is 0 Å². The number of methoxy groups -OCH3 is 1. The van der Waals surface area contributed by atoms with Gasteiger partial charge in [-0.05, 0) is 36.8 Å². The van der Waals surface area contributed by atoms with Crippen molar-refractivity contribution in [3.8, 4) is 17.2 Å². The minimum Gasteiger partial charge on any atom is -0.497 e. The molecule has 1 saturated heterocycles. The van der Waals surface area contributed by atoms with Gasteiger partial charge in [0.05, 0.1) is 19.2 Å². The lowest BCUT2D eigenvalue weighted by molar-refractivity contribution is -0.132. The van der Waals surface area contributed by atoms with Gasteiger partial charge in [-0.15, -0.1) is 0 Å². The van der Waals surface area contributed by atoms with Crippen molar-refractivity contribution in [2.24, 2.45) is 0 Å². The molecular weight excluding hydrogens is 378 g/mol. The number of nitrogens with zero attached hydrogens (tertiary/aromatic N) is 3. The summed E-state index contributed by atoms with van der Waals surface area (Å²) < 4.78 is 10.9. The summed E-state index contributed by atoms with van der Waals surface area (Å²) >= 11 is 0. The first kappa shape index (κ1) is 20.2. The van der Waals surface area contributed by atoms with E-state index in [1.165, 1.54) is 5.56 Å². The largest absolute Gasteiger partial charge is 0.497 e. The van der Waals surface area contributed by atoms with Gasteiger partial charge in [-0.2, -0.15) is 0 Å². The third-order valence-electron chi connectivity index (χ3n) is 5.70. The van der Waals surface area contributed by atoms with Crippen molar-refractivity contribution in [2.75, 3.05) is 33.3 Å². The van der Waals surface area contributed by atoms with Crippen LogP contribution in [-0.2, 0) is 11.2 Å². The molecule has 0 spiro atoms. The van der Waals surface area contributed by atoms with E-state index in [1.807, 2.05) is 47.4 Å². The first-order valence-corrected chi connectivity index (χ1v) is 10.3. The van der Waals surface area contributed by atoms with Gasteiger partial charge in [0, 0.05) is 37.8 Å². The number of hydrogen-bond acceptors (Lipinski definition) is 5. The first-order chi connectivity index (χ1) is 14.6. The SMILES string of the molecule is COc1cccc(C(C)N2CCN(C(=O)Cc3coc(-c4ccccc4)n3)CC2)c1. The maximum Gasteiger partial charge on any atom is 0.228 e. The van der Waals surface area contributed by atoms with E-state index in [9.17, 15) is 4.79 Å². The van der Waals surface area contributed by atoms with Gasteiger partial charge >= 0.3 is 0 Å². The van der Waals surface area contributed by atoms with Crippen LogP contribution in [-0.4, -0.2) is 54.0 Å². The molecule has 4 rings (SSSR count). The van der Waals surface area contributed by atoms with Gasteiger partial charge in [0.2, 0.25) is 11.8 Å². The number of ether oxygens (including phenoxy) is 1. The van der Waals surface area contributed by atoms with Gasteiger partial charge in [0.15, 0.2) is 0 Å². The van der Waals surface area contributed by atoms with Crippen LogP contribution < -0.4 is 4.74 Å². The molecule has 0 saturated carbocycles. The Kier molecular flexibility index (Phi) is 6.14. The molecule has 1 amide bonds. The summed E-state index contributed by atoms with van der Waals surface area (Å²) in [7, 11) is 1.69. The number of benzene rings is 2. The van der Waals surface area contributed by atoms with E-state index in [-0.39, 0.29) is 18.4 Å². The molecule has 1 unspecified atom stereocenters. The zero-order chi connectivity index (χ0) is 20.9. The van der Waals surface area contributed by atoms with E-state index in [0.29, 0.717) is 11.6 Å². The summed E-state index contributed by atoms with van der Waals surface area (Å²) in [6, 6.07) is 18.2. The Morgan fingerprint density at radius 1 is 1.10 bits per heavy atom. The fraction of sp³-hybridized carbons (Fsp3) is 0.333. The van der Waals surface area contributed by atoms with Crippen LogP contribution in [0.25, 0.3) is 11.5 Å². The first-order valence-electron chi connectivity index (χ1n) is 10.3. The zero-order valence-electron chi connectivity index (χ0n) is 17.5. The van der Waals surface area contributed by atoms with Crippen molar-refractivity contribution in [2.45, 2.75) is 19.4 Å². The summed E-state index contributed by atoms with van der Waals surface area (Å²) in [5.41, 5.74) is 2.81. The van der Waals surface area contributed by atoms with Gasteiger partial charge < -0.3 is 14.1 Å². The topological polar surface area (TPSA) is 58.8 Å². The Morgan fingerprint density at radius 2 is 1.87 bits per heavy atom. The van der Waals surface area contributed by atoms with E-state index in [4.69, 9.17) is 9.15 Å². The molecule has 0 radical (unpaired) electrons. The summed E-state index contributed by atoms with van der Waals surface area (Å²) in [6.07, 6.45) is 1.85. The highest BCUT2D eigenvalue weighted by atomic mass is 16.5. The molecule has 0 aliphatic carbocycles. The lowest BCUT2D eigenvalue weighted by Gasteiger charge is -2.38. The quantitative estimate of drug-likeness (QED) is 0.624. The number of hydrogen-bond donors (Lipinski definition) is 0. The van der Waals surface area contributed by atoms with Crippen LogP contribution in [0.1, 0.15) is 24.2 Å². The third-order valence-corrected chi connectivity index (χ3v) is 5.70. The van der Waals surface area contributed by atoms with Gasteiger partial charge in [0.1, 0.15) is 12.0 Å². The average molecular weight is 405 g/mol. The molecule has 0 bridgehead atoms. The van der Waals surface area contributed by atoms with Crippen LogP contribution in [0.15, 0.2) is 65.3 Å². The van der Waals surface area contributed by atoms with Crippen LogP contribution in [0.2, 0.25) is 0 Å². The number of oxazole rings is 1. The van der Waals surface area contributed by atoms with Gasteiger partial charge in [-0.3, -0.25) is 9.69 Å². The molecule has 156 valence electrons. The van der Waals surface area contributed by atoms with Crippen molar-refractivity contribution < 1.29 is 13.9 Å². The molecule has 6 nitrogen and oxygen atoms in total. The van der Waals surface area contributed by atoms with E-state index in [0.717, 1.165) is 37.5 Å². The summed E-state index contributed by atoms with van der Waals surface area (Å²) in [6.45, 7) is 5.33. The Bertz CT molecular complexity index is 978. The number of carbonyl (C=O) groups excluding carboxylic acids is 1. The molecule has 3 aromatic rings. The fourth-order valence-corrected chi connectivity index (χ4v) is 3.84. The molecule has 1 aliphatic heterocycles. The van der Waals surface area contributed by atoms with Crippen LogP contribution in [0.3, 0.4) is 0 Å². The molecule has 1 fully saturated rings. The minimum absolute atomic E-state index is 0.0941. The van der Waals surface area contributed by atoms with E-state index >= 15 is 0 Å². The fourth-order valence-electron chi connectivity index (χ4n) is 3.84. The molecule has 2 heterocycles. The second-order valence-corrected chi connectivity index (χ2v) is 7.56. The molecule has 1 aromatic heterocycles. The maximum absolute atomic E-state index is 12.8. The predicted molar refractivity (Wildman–Crippen MR) is 115 cm³/mol. The Balaban J connectivity index is 1.32. The summed E-state index contributed by atoms with van der Waals surface area (Å²) in [5.74, 6) is 1.52. The lowest BCUT2D eigenvalue weighted by Crippen LogP contribution is -2.49.